The van der Waals surface area contributed by atoms with Crippen LogP contribution >= 0.6 is 27.3 Å². The molecule has 0 aromatic carbocycles. The minimum atomic E-state index is 0.208. The Hall–Kier alpha value is -0.410. The van der Waals surface area contributed by atoms with E-state index in [9.17, 15) is 4.79 Å². The Kier molecular flexibility index (Phi) is 2.65. The lowest BCUT2D eigenvalue weighted by molar-refractivity contribution is 0.103. The Morgan fingerprint density at radius 2 is 2.38 bits per heavy atom. The van der Waals surface area contributed by atoms with Gasteiger partial charge >= 0.3 is 0 Å². The van der Waals surface area contributed by atoms with Crippen molar-refractivity contribution in [2.45, 2.75) is 19.3 Å². The van der Waals surface area contributed by atoms with Crippen molar-refractivity contribution in [1.82, 2.24) is 0 Å². The molecule has 0 saturated heterocycles. The van der Waals surface area contributed by atoms with E-state index in [4.69, 9.17) is 0 Å². The zero-order chi connectivity index (χ0) is 9.26. The van der Waals surface area contributed by atoms with Gasteiger partial charge in [-0.2, -0.15) is 0 Å². The highest BCUT2D eigenvalue weighted by Gasteiger charge is 2.15. The fourth-order valence-corrected chi connectivity index (χ4v) is 2.63. The summed E-state index contributed by atoms with van der Waals surface area (Å²) < 4.78 is 1.02. The molecule has 0 N–H and O–H groups in total. The van der Waals surface area contributed by atoms with Crippen molar-refractivity contribution in [3.05, 3.63) is 32.4 Å². The summed E-state index contributed by atoms with van der Waals surface area (Å²) in [4.78, 5) is 11.8. The van der Waals surface area contributed by atoms with Crippen molar-refractivity contribution >= 4 is 33.0 Å². The van der Waals surface area contributed by atoms with E-state index in [1.165, 1.54) is 0 Å². The largest absolute Gasteiger partial charge is 0.289 e. The maximum Gasteiger partial charge on any atom is 0.189 e. The van der Waals surface area contributed by atoms with Crippen LogP contribution in [-0.2, 0) is 0 Å². The molecule has 0 bridgehead atoms. The molecule has 0 unspecified atom stereocenters. The van der Waals surface area contributed by atoms with E-state index in [2.05, 4.69) is 22.0 Å². The van der Waals surface area contributed by atoms with Crippen LogP contribution in [-0.4, -0.2) is 5.78 Å². The molecular formula is C10H9BrOS. The van der Waals surface area contributed by atoms with E-state index >= 15 is 0 Å². The van der Waals surface area contributed by atoms with Crippen molar-refractivity contribution in [2.24, 2.45) is 0 Å². The van der Waals surface area contributed by atoms with Gasteiger partial charge in [-0.3, -0.25) is 4.79 Å². The molecule has 0 fully saturated rings. The summed E-state index contributed by atoms with van der Waals surface area (Å²) in [6, 6.07) is 1.90. The maximum atomic E-state index is 11.8. The first-order chi connectivity index (χ1) is 6.27. The molecule has 0 radical (unpaired) electrons. The van der Waals surface area contributed by atoms with Gasteiger partial charge in [-0.15, -0.1) is 11.3 Å². The molecular weight excluding hydrogens is 248 g/mol. The number of hydrogen-bond donors (Lipinski definition) is 0. The highest BCUT2D eigenvalue weighted by molar-refractivity contribution is 9.11. The van der Waals surface area contributed by atoms with Gasteiger partial charge in [0.05, 0.1) is 3.79 Å². The summed E-state index contributed by atoms with van der Waals surface area (Å²) in [6.07, 6.45) is 5.21. The number of rotatable bonds is 2. The topological polar surface area (TPSA) is 17.1 Å². The standard InChI is InChI=1S/C10H9BrOS/c11-9-5-8(6-13-9)10(12)7-3-1-2-4-7/h3,5-6H,1-2,4H2. The zero-order valence-electron chi connectivity index (χ0n) is 7.05. The Morgan fingerprint density at radius 1 is 1.54 bits per heavy atom. The van der Waals surface area contributed by atoms with E-state index in [0.29, 0.717) is 0 Å². The second-order valence-electron chi connectivity index (χ2n) is 3.09. The number of hydrogen-bond acceptors (Lipinski definition) is 2. The molecule has 1 heterocycles. The number of Topliss-reactive ketones (excluding diaryl/α,β-unsaturated/α-hetero) is 1. The van der Waals surface area contributed by atoms with Crippen LogP contribution in [0.5, 0.6) is 0 Å². The number of ketones is 1. The van der Waals surface area contributed by atoms with E-state index < -0.39 is 0 Å². The molecule has 2 rings (SSSR count). The highest BCUT2D eigenvalue weighted by Crippen LogP contribution is 2.26. The van der Waals surface area contributed by atoms with Crippen LogP contribution in [0.3, 0.4) is 0 Å². The summed E-state index contributed by atoms with van der Waals surface area (Å²) in [5.74, 6) is 0.208. The molecule has 1 aromatic heterocycles. The van der Waals surface area contributed by atoms with E-state index in [1.807, 2.05) is 11.4 Å². The van der Waals surface area contributed by atoms with E-state index in [-0.39, 0.29) is 5.78 Å². The molecule has 0 spiro atoms. The number of thiophene rings is 1. The van der Waals surface area contributed by atoms with Gasteiger partial charge in [-0.25, -0.2) is 0 Å². The third kappa shape index (κ3) is 1.92. The summed E-state index contributed by atoms with van der Waals surface area (Å²) in [5.41, 5.74) is 1.82. The Balaban J connectivity index is 2.22. The monoisotopic (exact) mass is 256 g/mol. The average Bonchev–Trinajstić information content (AvgIpc) is 2.72. The minimum Gasteiger partial charge on any atom is -0.289 e. The fourth-order valence-electron chi connectivity index (χ4n) is 1.49. The lowest BCUT2D eigenvalue weighted by Crippen LogP contribution is -1.98. The summed E-state index contributed by atoms with van der Waals surface area (Å²) >= 11 is 4.92. The number of halogens is 1. The Bertz CT molecular complexity index is 365. The summed E-state index contributed by atoms with van der Waals surface area (Å²) in [6.45, 7) is 0. The SMILES string of the molecule is O=C(C1=CCCC1)c1csc(Br)c1. The minimum absolute atomic E-state index is 0.208. The first kappa shape index (κ1) is 9.16. The van der Waals surface area contributed by atoms with Crippen molar-refractivity contribution in [3.8, 4) is 0 Å². The molecule has 3 heteroatoms. The lowest BCUT2D eigenvalue weighted by atomic mass is 10.1. The second-order valence-corrected chi connectivity index (χ2v) is 5.38. The predicted octanol–water partition coefficient (Wildman–Crippen LogP) is 3.80. The summed E-state index contributed by atoms with van der Waals surface area (Å²) in [5, 5.41) is 1.91. The lowest BCUT2D eigenvalue weighted by Gasteiger charge is -1.96. The normalized spacial score (nSPS) is 15.9. The molecule has 0 aliphatic heterocycles. The van der Waals surface area contributed by atoms with Gasteiger partial charge in [0.2, 0.25) is 0 Å². The fraction of sp³-hybridized carbons (Fsp3) is 0.300. The van der Waals surface area contributed by atoms with Crippen molar-refractivity contribution < 1.29 is 4.79 Å². The number of allylic oxidation sites excluding steroid dienone is 2. The van der Waals surface area contributed by atoms with Crippen LogP contribution in [0.4, 0.5) is 0 Å². The quantitative estimate of drug-likeness (QED) is 0.736. The zero-order valence-corrected chi connectivity index (χ0v) is 9.45. The molecule has 68 valence electrons. The summed E-state index contributed by atoms with van der Waals surface area (Å²) in [7, 11) is 0. The Labute approximate surface area is 89.6 Å². The van der Waals surface area contributed by atoms with Crippen molar-refractivity contribution in [1.29, 1.82) is 0 Å². The third-order valence-electron chi connectivity index (χ3n) is 2.16. The van der Waals surface area contributed by atoms with Crippen LogP contribution in [0.15, 0.2) is 26.9 Å². The van der Waals surface area contributed by atoms with Gasteiger partial charge < -0.3 is 0 Å². The van der Waals surface area contributed by atoms with Crippen molar-refractivity contribution in [2.75, 3.05) is 0 Å². The molecule has 1 aromatic rings. The van der Waals surface area contributed by atoms with Crippen LogP contribution in [0.2, 0.25) is 0 Å². The second kappa shape index (κ2) is 3.76. The van der Waals surface area contributed by atoms with E-state index in [1.54, 1.807) is 11.3 Å². The maximum absolute atomic E-state index is 11.8. The Morgan fingerprint density at radius 3 is 2.92 bits per heavy atom. The van der Waals surface area contributed by atoms with Crippen molar-refractivity contribution in [3.63, 3.8) is 0 Å². The van der Waals surface area contributed by atoms with Gasteiger partial charge in [-0.05, 0) is 46.8 Å². The molecule has 0 atom stereocenters. The smallest absolute Gasteiger partial charge is 0.189 e. The third-order valence-corrected chi connectivity index (χ3v) is 3.67. The molecule has 1 aliphatic carbocycles. The van der Waals surface area contributed by atoms with Gasteiger partial charge in [0.25, 0.3) is 0 Å². The van der Waals surface area contributed by atoms with Crippen LogP contribution in [0.25, 0.3) is 0 Å². The average molecular weight is 257 g/mol. The van der Waals surface area contributed by atoms with E-state index in [0.717, 1.165) is 34.2 Å². The van der Waals surface area contributed by atoms with Crippen LogP contribution < -0.4 is 0 Å². The molecule has 1 aliphatic rings. The van der Waals surface area contributed by atoms with Crippen LogP contribution in [0, 0.1) is 0 Å². The predicted molar refractivity (Wildman–Crippen MR) is 58.3 cm³/mol. The first-order valence-electron chi connectivity index (χ1n) is 4.25. The van der Waals surface area contributed by atoms with Crippen LogP contribution in [0.1, 0.15) is 29.6 Å². The van der Waals surface area contributed by atoms with Gasteiger partial charge in [0.15, 0.2) is 5.78 Å². The molecule has 0 saturated carbocycles. The van der Waals surface area contributed by atoms with Gasteiger partial charge in [0.1, 0.15) is 0 Å². The molecule has 0 amide bonds. The molecule has 13 heavy (non-hydrogen) atoms. The number of carbonyl (C=O) groups is 1. The number of carbonyl (C=O) groups excluding carboxylic acids is 1. The van der Waals surface area contributed by atoms with Gasteiger partial charge in [-0.1, -0.05) is 6.08 Å². The highest BCUT2D eigenvalue weighted by atomic mass is 79.9. The first-order valence-corrected chi connectivity index (χ1v) is 5.92. The molecule has 1 nitrogen and oxygen atoms in total. The van der Waals surface area contributed by atoms with Gasteiger partial charge in [0, 0.05) is 10.9 Å².